The van der Waals surface area contributed by atoms with Crippen LogP contribution in [0.2, 0.25) is 0 Å². The number of unbranched alkanes of at least 4 members (excludes halogenated alkanes) is 28. The van der Waals surface area contributed by atoms with Crippen LogP contribution in [0.15, 0.2) is 0 Å². The first-order chi connectivity index (χ1) is 30.6. The molecule has 9 heteroatoms. The Morgan fingerprint density at radius 2 is 0.508 bits per heavy atom. The first-order valence-corrected chi connectivity index (χ1v) is 27.0. The van der Waals surface area contributed by atoms with Gasteiger partial charge in [-0.2, -0.15) is 0 Å². The Labute approximate surface area is 390 Å². The molecule has 0 rings (SSSR count). The molecule has 6 atom stereocenters. The Kier molecular flexibility index (Phi) is 46.3. The van der Waals surface area contributed by atoms with E-state index in [-0.39, 0.29) is 55.2 Å². The van der Waals surface area contributed by atoms with Crippen LogP contribution in [0.3, 0.4) is 0 Å². The molecule has 376 valence electrons. The van der Waals surface area contributed by atoms with E-state index in [9.17, 15) is 9.59 Å². The Morgan fingerprint density at radius 3 is 0.794 bits per heavy atom. The minimum atomic E-state index is -0.287. The highest BCUT2D eigenvalue weighted by atomic mass is 16.6. The molecule has 0 aromatic rings. The second-order valence-corrected chi connectivity index (χ2v) is 19.1. The molecule has 0 saturated carbocycles. The molecule has 0 radical (unpaired) electrons. The number of carbonyl (C=O) groups is 2. The van der Waals surface area contributed by atoms with Crippen molar-refractivity contribution in [3.05, 3.63) is 0 Å². The summed E-state index contributed by atoms with van der Waals surface area (Å²) in [4.78, 5) is 24.5. The average Bonchev–Trinajstić information content (AvgIpc) is 3.27. The van der Waals surface area contributed by atoms with Crippen molar-refractivity contribution in [3.8, 4) is 0 Å². The molecule has 63 heavy (non-hydrogen) atoms. The van der Waals surface area contributed by atoms with Gasteiger partial charge in [-0.3, -0.25) is 9.59 Å². The number of rotatable bonds is 50. The molecule has 0 heterocycles. The van der Waals surface area contributed by atoms with E-state index in [1.54, 1.807) is 0 Å². The summed E-state index contributed by atoms with van der Waals surface area (Å²) in [5, 5.41) is 0. The van der Waals surface area contributed by atoms with Crippen molar-refractivity contribution in [1.29, 1.82) is 0 Å². The van der Waals surface area contributed by atoms with Crippen LogP contribution in [0, 0.1) is 0 Å². The highest BCUT2D eigenvalue weighted by Gasteiger charge is 2.15. The van der Waals surface area contributed by atoms with Gasteiger partial charge >= 0.3 is 11.9 Å². The van der Waals surface area contributed by atoms with Crippen molar-refractivity contribution in [1.82, 2.24) is 0 Å². The van der Waals surface area contributed by atoms with Gasteiger partial charge in [0.1, 0.15) is 12.7 Å². The fourth-order valence-electron chi connectivity index (χ4n) is 7.62. The first kappa shape index (κ1) is 61.7. The standard InChI is InChI=1S/C54H106O9/c1-9-11-13-15-17-19-21-23-25-27-29-31-33-35-37-39-53(55)62-45-51(7)60-43-49(5)58-41-47(3)57-42-48(4)59-44-50(6)61-46-52(8)63-54(56)40-38-36-34-32-30-28-26-24-22-20-18-16-14-12-10-2/h47-52H,9-46H2,1-8H3. The van der Waals surface area contributed by atoms with Crippen molar-refractivity contribution >= 4 is 11.9 Å². The van der Waals surface area contributed by atoms with Gasteiger partial charge in [0, 0.05) is 12.8 Å². The Balaban J connectivity index is 3.71. The predicted molar refractivity (Wildman–Crippen MR) is 263 cm³/mol. The summed E-state index contributed by atoms with van der Waals surface area (Å²) in [6.45, 7) is 18.6. The van der Waals surface area contributed by atoms with Gasteiger partial charge in [0.15, 0.2) is 0 Å². The van der Waals surface area contributed by atoms with Gasteiger partial charge in [-0.1, -0.05) is 194 Å². The Hall–Kier alpha value is -1.26. The molecule has 0 aromatic heterocycles. The maximum atomic E-state index is 12.3. The van der Waals surface area contributed by atoms with Gasteiger partial charge in [-0.25, -0.2) is 0 Å². The monoisotopic (exact) mass is 899 g/mol. The van der Waals surface area contributed by atoms with E-state index in [1.807, 2.05) is 41.5 Å². The molecule has 0 aromatic carbocycles. The molecule has 0 aliphatic heterocycles. The molecular formula is C54H106O9. The van der Waals surface area contributed by atoms with Gasteiger partial charge in [-0.15, -0.1) is 0 Å². The average molecular weight is 899 g/mol. The second-order valence-electron chi connectivity index (χ2n) is 19.1. The highest BCUT2D eigenvalue weighted by Crippen LogP contribution is 2.16. The maximum absolute atomic E-state index is 12.3. The van der Waals surface area contributed by atoms with E-state index in [2.05, 4.69) is 13.8 Å². The van der Waals surface area contributed by atoms with Crippen LogP contribution in [0.1, 0.15) is 261 Å². The van der Waals surface area contributed by atoms with Crippen molar-refractivity contribution in [2.75, 3.05) is 39.6 Å². The van der Waals surface area contributed by atoms with E-state index in [0.717, 1.165) is 25.7 Å². The molecule has 0 saturated heterocycles. The van der Waals surface area contributed by atoms with E-state index in [0.29, 0.717) is 45.9 Å². The van der Waals surface area contributed by atoms with Gasteiger partial charge in [-0.05, 0) is 54.4 Å². The molecule has 0 amide bonds. The van der Waals surface area contributed by atoms with E-state index in [4.69, 9.17) is 33.2 Å². The highest BCUT2D eigenvalue weighted by molar-refractivity contribution is 5.69. The number of carbonyl (C=O) groups excluding carboxylic acids is 2. The van der Waals surface area contributed by atoms with Crippen molar-refractivity contribution < 1.29 is 42.7 Å². The predicted octanol–water partition coefficient (Wildman–Crippen LogP) is 15.0. The lowest BCUT2D eigenvalue weighted by Crippen LogP contribution is -2.30. The number of hydrogen-bond donors (Lipinski definition) is 0. The number of esters is 2. The molecule has 0 bridgehead atoms. The zero-order valence-corrected chi connectivity index (χ0v) is 43.0. The molecule has 0 aliphatic carbocycles. The van der Waals surface area contributed by atoms with Crippen LogP contribution in [0.25, 0.3) is 0 Å². The van der Waals surface area contributed by atoms with Crippen LogP contribution < -0.4 is 0 Å². The lowest BCUT2D eigenvalue weighted by atomic mass is 10.0. The molecule has 0 aliphatic rings. The van der Waals surface area contributed by atoms with Gasteiger partial charge < -0.3 is 33.2 Å². The van der Waals surface area contributed by atoms with Gasteiger partial charge in [0.2, 0.25) is 0 Å². The lowest BCUT2D eigenvalue weighted by Gasteiger charge is -2.22. The Morgan fingerprint density at radius 1 is 0.286 bits per heavy atom. The topological polar surface area (TPSA) is 98.8 Å². The quantitative estimate of drug-likeness (QED) is 0.0436. The van der Waals surface area contributed by atoms with Crippen LogP contribution in [-0.4, -0.2) is 88.2 Å². The van der Waals surface area contributed by atoms with Gasteiger partial charge in [0.25, 0.3) is 0 Å². The summed E-state index contributed by atoms with van der Waals surface area (Å²) < 4.78 is 40.7. The largest absolute Gasteiger partial charge is 0.463 e. The van der Waals surface area contributed by atoms with Crippen molar-refractivity contribution in [3.63, 3.8) is 0 Å². The summed E-state index contributed by atoms with van der Waals surface area (Å²) in [5.41, 5.74) is 0. The van der Waals surface area contributed by atoms with E-state index >= 15 is 0 Å². The normalized spacial score (nSPS) is 14.6. The maximum Gasteiger partial charge on any atom is 0.306 e. The minimum absolute atomic E-state index is 0.102. The van der Waals surface area contributed by atoms with Crippen LogP contribution in [0.4, 0.5) is 0 Å². The molecular weight excluding hydrogens is 793 g/mol. The third kappa shape index (κ3) is 47.1. The SMILES string of the molecule is CCCCCCCCCCCCCCCCCC(=O)OCC(C)OCC(C)OCC(C)OCC(C)OCC(C)OCC(C)OC(=O)CCCCCCCCCCCCCCCCC. The smallest absolute Gasteiger partial charge is 0.306 e. The summed E-state index contributed by atoms with van der Waals surface area (Å²) in [6.07, 6.45) is 39.3. The summed E-state index contributed by atoms with van der Waals surface area (Å²) >= 11 is 0. The lowest BCUT2D eigenvalue weighted by molar-refractivity contribution is -0.153. The fraction of sp³-hybridized carbons (Fsp3) is 0.963. The third-order valence-corrected chi connectivity index (χ3v) is 11.9. The number of ether oxygens (including phenoxy) is 7. The number of hydrogen-bond acceptors (Lipinski definition) is 9. The van der Waals surface area contributed by atoms with Crippen LogP contribution >= 0.6 is 0 Å². The van der Waals surface area contributed by atoms with Crippen molar-refractivity contribution in [2.45, 2.75) is 297 Å². The summed E-state index contributed by atoms with van der Waals surface area (Å²) in [5.74, 6) is -0.271. The molecule has 0 fully saturated rings. The summed E-state index contributed by atoms with van der Waals surface area (Å²) in [7, 11) is 0. The zero-order valence-electron chi connectivity index (χ0n) is 43.0. The minimum Gasteiger partial charge on any atom is -0.463 e. The van der Waals surface area contributed by atoms with E-state index in [1.165, 1.54) is 167 Å². The second kappa shape index (κ2) is 47.2. The molecule has 6 unspecified atom stereocenters. The zero-order chi connectivity index (χ0) is 46.4. The third-order valence-electron chi connectivity index (χ3n) is 11.9. The first-order valence-electron chi connectivity index (χ1n) is 27.0. The summed E-state index contributed by atoms with van der Waals surface area (Å²) in [6, 6.07) is 0. The molecule has 9 nitrogen and oxygen atoms in total. The Bertz CT molecular complexity index is 964. The van der Waals surface area contributed by atoms with Crippen LogP contribution in [-0.2, 0) is 42.7 Å². The van der Waals surface area contributed by atoms with Gasteiger partial charge in [0.05, 0.1) is 63.6 Å². The molecule has 0 spiro atoms. The van der Waals surface area contributed by atoms with E-state index < -0.39 is 0 Å². The molecule has 0 N–H and O–H groups in total. The fourth-order valence-corrected chi connectivity index (χ4v) is 7.62. The van der Waals surface area contributed by atoms with Crippen molar-refractivity contribution in [2.24, 2.45) is 0 Å². The van der Waals surface area contributed by atoms with Crippen LogP contribution in [0.5, 0.6) is 0 Å².